The Bertz CT molecular complexity index is 323. The standard InChI is InChI=1S/C13H25N3O3/c1-9(2)11(12(17)18)14-13(19)16-7-5-15(6-8-16)10(3)4/h9-11H,5-8H2,1-4H3,(H,14,19)(H,17,18)/t11-/m0/s1. The van der Waals surface area contributed by atoms with Crippen LogP contribution >= 0.6 is 0 Å². The van der Waals surface area contributed by atoms with Gasteiger partial charge in [0.25, 0.3) is 0 Å². The molecule has 0 spiro atoms. The number of carbonyl (C=O) groups is 2. The van der Waals surface area contributed by atoms with Gasteiger partial charge in [-0.25, -0.2) is 9.59 Å². The van der Waals surface area contributed by atoms with Gasteiger partial charge in [-0.3, -0.25) is 4.90 Å². The largest absolute Gasteiger partial charge is 0.480 e. The number of nitrogens with one attached hydrogen (secondary N) is 1. The van der Waals surface area contributed by atoms with E-state index in [2.05, 4.69) is 24.1 Å². The smallest absolute Gasteiger partial charge is 0.326 e. The Balaban J connectivity index is 2.49. The highest BCUT2D eigenvalue weighted by atomic mass is 16.4. The van der Waals surface area contributed by atoms with Crippen LogP contribution in [0, 0.1) is 5.92 Å². The van der Waals surface area contributed by atoms with Crippen molar-refractivity contribution in [2.45, 2.75) is 39.8 Å². The molecule has 1 aliphatic heterocycles. The van der Waals surface area contributed by atoms with Gasteiger partial charge in [-0.15, -0.1) is 0 Å². The summed E-state index contributed by atoms with van der Waals surface area (Å²) >= 11 is 0. The van der Waals surface area contributed by atoms with E-state index < -0.39 is 12.0 Å². The number of amides is 2. The van der Waals surface area contributed by atoms with Crippen molar-refractivity contribution in [3.05, 3.63) is 0 Å². The summed E-state index contributed by atoms with van der Waals surface area (Å²) < 4.78 is 0. The minimum absolute atomic E-state index is 0.126. The number of urea groups is 1. The first-order valence-electron chi connectivity index (χ1n) is 6.85. The monoisotopic (exact) mass is 271 g/mol. The normalized spacial score (nSPS) is 18.7. The van der Waals surface area contributed by atoms with Gasteiger partial charge >= 0.3 is 12.0 Å². The van der Waals surface area contributed by atoms with Crippen molar-refractivity contribution >= 4 is 12.0 Å². The highest BCUT2D eigenvalue weighted by Crippen LogP contribution is 2.08. The zero-order valence-corrected chi connectivity index (χ0v) is 12.2. The molecule has 1 heterocycles. The van der Waals surface area contributed by atoms with Crippen LogP contribution in [0.2, 0.25) is 0 Å². The van der Waals surface area contributed by atoms with Crippen LogP contribution in [0.5, 0.6) is 0 Å². The van der Waals surface area contributed by atoms with E-state index in [1.165, 1.54) is 0 Å². The Morgan fingerprint density at radius 2 is 1.58 bits per heavy atom. The van der Waals surface area contributed by atoms with Crippen LogP contribution in [0.25, 0.3) is 0 Å². The molecule has 2 N–H and O–H groups in total. The number of hydrogen-bond acceptors (Lipinski definition) is 3. The lowest BCUT2D eigenvalue weighted by molar-refractivity contribution is -0.140. The number of nitrogens with zero attached hydrogens (tertiary/aromatic N) is 2. The molecule has 0 unspecified atom stereocenters. The van der Waals surface area contributed by atoms with Gasteiger partial charge in [-0.2, -0.15) is 0 Å². The fraction of sp³-hybridized carbons (Fsp3) is 0.846. The number of piperazine rings is 1. The summed E-state index contributed by atoms with van der Waals surface area (Å²) in [4.78, 5) is 27.1. The zero-order chi connectivity index (χ0) is 14.6. The second-order valence-corrected chi connectivity index (χ2v) is 5.63. The SMILES string of the molecule is CC(C)[C@H](NC(=O)N1CCN(C(C)C)CC1)C(=O)O. The van der Waals surface area contributed by atoms with E-state index in [1.54, 1.807) is 18.7 Å². The van der Waals surface area contributed by atoms with Gasteiger partial charge in [0.05, 0.1) is 0 Å². The van der Waals surface area contributed by atoms with E-state index in [4.69, 9.17) is 5.11 Å². The molecule has 0 aromatic rings. The topological polar surface area (TPSA) is 72.9 Å². The summed E-state index contributed by atoms with van der Waals surface area (Å²) in [6, 6.07) is -0.618. The Morgan fingerprint density at radius 3 is 1.95 bits per heavy atom. The number of carboxylic acid groups (broad SMARTS) is 1. The Hall–Kier alpha value is -1.30. The third-order valence-corrected chi connectivity index (χ3v) is 3.54. The van der Waals surface area contributed by atoms with Gasteiger partial charge in [0.1, 0.15) is 6.04 Å². The van der Waals surface area contributed by atoms with Crippen LogP contribution in [0.15, 0.2) is 0 Å². The maximum Gasteiger partial charge on any atom is 0.326 e. The third-order valence-electron chi connectivity index (χ3n) is 3.54. The zero-order valence-electron chi connectivity index (χ0n) is 12.2. The molecule has 19 heavy (non-hydrogen) atoms. The van der Waals surface area contributed by atoms with Crippen molar-refractivity contribution in [2.24, 2.45) is 5.92 Å². The molecule has 0 aromatic heterocycles. The molecule has 0 saturated carbocycles. The highest BCUT2D eigenvalue weighted by Gasteiger charge is 2.28. The average molecular weight is 271 g/mol. The molecule has 1 atom stereocenters. The molecular formula is C13H25N3O3. The van der Waals surface area contributed by atoms with Gasteiger partial charge in [0.2, 0.25) is 0 Å². The van der Waals surface area contributed by atoms with E-state index in [9.17, 15) is 9.59 Å². The molecule has 2 amide bonds. The van der Waals surface area contributed by atoms with E-state index >= 15 is 0 Å². The Labute approximate surface area is 114 Å². The Kier molecular flexibility index (Phi) is 5.60. The maximum atomic E-state index is 12.0. The number of carbonyl (C=O) groups excluding carboxylic acids is 1. The van der Waals surface area contributed by atoms with Crippen molar-refractivity contribution in [2.75, 3.05) is 26.2 Å². The lowest BCUT2D eigenvalue weighted by Gasteiger charge is -2.37. The number of rotatable bonds is 4. The first-order valence-corrected chi connectivity index (χ1v) is 6.85. The third kappa shape index (κ3) is 4.38. The molecule has 6 heteroatoms. The molecule has 0 aliphatic carbocycles. The van der Waals surface area contributed by atoms with Crippen LogP contribution in [0.4, 0.5) is 4.79 Å². The Morgan fingerprint density at radius 1 is 1.05 bits per heavy atom. The predicted octanol–water partition coefficient (Wildman–Crippen LogP) is 0.831. The predicted molar refractivity (Wildman–Crippen MR) is 73.1 cm³/mol. The van der Waals surface area contributed by atoms with Crippen LogP contribution < -0.4 is 5.32 Å². The van der Waals surface area contributed by atoms with Gasteiger partial charge in [-0.1, -0.05) is 13.8 Å². The van der Waals surface area contributed by atoms with Crippen molar-refractivity contribution in [1.82, 2.24) is 15.1 Å². The van der Waals surface area contributed by atoms with Gasteiger partial charge < -0.3 is 15.3 Å². The van der Waals surface area contributed by atoms with Crippen LogP contribution in [0.1, 0.15) is 27.7 Å². The fourth-order valence-electron chi connectivity index (χ4n) is 2.18. The molecule has 1 saturated heterocycles. The molecular weight excluding hydrogens is 246 g/mol. The summed E-state index contributed by atoms with van der Waals surface area (Å²) in [5.41, 5.74) is 0. The van der Waals surface area contributed by atoms with E-state index in [-0.39, 0.29) is 11.9 Å². The fourth-order valence-corrected chi connectivity index (χ4v) is 2.18. The number of hydrogen-bond donors (Lipinski definition) is 2. The van der Waals surface area contributed by atoms with E-state index in [1.807, 2.05) is 0 Å². The first-order chi connectivity index (χ1) is 8.82. The second-order valence-electron chi connectivity index (χ2n) is 5.63. The number of carboxylic acids is 1. The van der Waals surface area contributed by atoms with E-state index in [0.29, 0.717) is 19.1 Å². The lowest BCUT2D eigenvalue weighted by atomic mass is 10.1. The molecule has 1 fully saturated rings. The summed E-state index contributed by atoms with van der Waals surface area (Å²) in [7, 11) is 0. The van der Waals surface area contributed by atoms with Crippen LogP contribution in [0.3, 0.4) is 0 Å². The number of aliphatic carboxylic acids is 1. The molecule has 0 bridgehead atoms. The van der Waals surface area contributed by atoms with Gasteiger partial charge in [0.15, 0.2) is 0 Å². The lowest BCUT2D eigenvalue weighted by Crippen LogP contribution is -2.56. The van der Waals surface area contributed by atoms with Gasteiger partial charge in [0, 0.05) is 32.2 Å². The van der Waals surface area contributed by atoms with Crippen molar-refractivity contribution in [1.29, 1.82) is 0 Å². The summed E-state index contributed by atoms with van der Waals surface area (Å²) in [5, 5.41) is 11.7. The maximum absolute atomic E-state index is 12.0. The summed E-state index contributed by atoms with van der Waals surface area (Å²) in [5.74, 6) is -1.11. The molecule has 6 nitrogen and oxygen atoms in total. The average Bonchev–Trinajstić information content (AvgIpc) is 2.34. The molecule has 0 radical (unpaired) electrons. The quantitative estimate of drug-likeness (QED) is 0.794. The van der Waals surface area contributed by atoms with Crippen molar-refractivity contribution in [3.63, 3.8) is 0 Å². The highest BCUT2D eigenvalue weighted by molar-refractivity contribution is 5.82. The minimum atomic E-state index is -0.982. The molecule has 1 rings (SSSR count). The molecule has 1 aliphatic rings. The van der Waals surface area contributed by atoms with E-state index in [0.717, 1.165) is 13.1 Å². The first kappa shape index (κ1) is 15.8. The van der Waals surface area contributed by atoms with Crippen molar-refractivity contribution < 1.29 is 14.7 Å². The van der Waals surface area contributed by atoms with Crippen molar-refractivity contribution in [3.8, 4) is 0 Å². The molecule has 0 aromatic carbocycles. The molecule has 110 valence electrons. The second kappa shape index (κ2) is 6.75. The van der Waals surface area contributed by atoms with Gasteiger partial charge in [-0.05, 0) is 19.8 Å². The minimum Gasteiger partial charge on any atom is -0.480 e. The van der Waals surface area contributed by atoms with Crippen LogP contribution in [-0.2, 0) is 4.79 Å². The van der Waals surface area contributed by atoms with Crippen LogP contribution in [-0.4, -0.2) is 65.2 Å². The summed E-state index contributed by atoms with van der Waals surface area (Å²) in [6.07, 6.45) is 0. The summed E-state index contributed by atoms with van der Waals surface area (Å²) in [6.45, 7) is 10.8.